The minimum Gasteiger partial charge on any atom is -0.339 e. The van der Waals surface area contributed by atoms with E-state index < -0.39 is 0 Å². The molecule has 1 heterocycles. The van der Waals surface area contributed by atoms with Crippen LogP contribution < -0.4 is 10.6 Å². The van der Waals surface area contributed by atoms with Gasteiger partial charge in [-0.25, -0.2) is 9.97 Å². The van der Waals surface area contributed by atoms with E-state index in [1.807, 2.05) is 57.2 Å². The van der Waals surface area contributed by atoms with Crippen molar-refractivity contribution < 1.29 is 4.79 Å². The second-order valence-electron chi connectivity index (χ2n) is 6.09. The molecule has 6 heteroatoms. The number of anilines is 3. The number of carbonyl (C=O) groups excluding carboxylic acids is 1. The van der Waals surface area contributed by atoms with E-state index in [9.17, 15) is 4.79 Å². The Morgan fingerprint density at radius 3 is 2.35 bits per heavy atom. The van der Waals surface area contributed by atoms with Crippen molar-refractivity contribution in [2.24, 2.45) is 0 Å². The third kappa shape index (κ3) is 4.00. The number of hydrogen-bond acceptors (Lipinski definition) is 4. The molecule has 3 aromatic rings. The van der Waals surface area contributed by atoms with Gasteiger partial charge < -0.3 is 10.6 Å². The van der Waals surface area contributed by atoms with Gasteiger partial charge in [0.05, 0.1) is 12.4 Å². The molecule has 0 radical (unpaired) electrons. The lowest BCUT2D eigenvalue weighted by Gasteiger charge is -2.12. The van der Waals surface area contributed by atoms with Gasteiger partial charge in [0.25, 0.3) is 5.91 Å². The highest BCUT2D eigenvalue weighted by molar-refractivity contribution is 6.30. The SMILES string of the molecule is Cc1ccc(Cl)cc1Nc1cnc(C(=O)Nc2c(C)cccc2C)cn1. The highest BCUT2D eigenvalue weighted by Gasteiger charge is 2.12. The molecule has 0 spiro atoms. The van der Waals surface area contributed by atoms with E-state index in [-0.39, 0.29) is 11.6 Å². The van der Waals surface area contributed by atoms with Gasteiger partial charge in [0.2, 0.25) is 0 Å². The summed E-state index contributed by atoms with van der Waals surface area (Å²) in [7, 11) is 0. The van der Waals surface area contributed by atoms with Crippen LogP contribution in [0, 0.1) is 20.8 Å². The van der Waals surface area contributed by atoms with E-state index in [1.165, 1.54) is 12.4 Å². The fourth-order valence-corrected chi connectivity index (χ4v) is 2.74. The average molecular weight is 367 g/mol. The molecule has 3 rings (SSSR count). The third-order valence-electron chi connectivity index (χ3n) is 4.07. The molecule has 26 heavy (non-hydrogen) atoms. The van der Waals surface area contributed by atoms with E-state index in [0.717, 1.165) is 28.1 Å². The Morgan fingerprint density at radius 2 is 1.69 bits per heavy atom. The molecule has 0 fully saturated rings. The van der Waals surface area contributed by atoms with E-state index in [0.29, 0.717) is 10.8 Å². The van der Waals surface area contributed by atoms with Crippen molar-refractivity contribution in [1.29, 1.82) is 0 Å². The standard InChI is InChI=1S/C20H19ClN4O/c1-12-7-8-15(21)9-16(12)24-18-11-22-17(10-23-18)20(26)25-19-13(2)5-4-6-14(19)3/h4-11H,1-3H3,(H,23,24)(H,25,26). The van der Waals surface area contributed by atoms with Gasteiger partial charge in [-0.15, -0.1) is 0 Å². The van der Waals surface area contributed by atoms with Crippen molar-refractivity contribution in [1.82, 2.24) is 9.97 Å². The summed E-state index contributed by atoms with van der Waals surface area (Å²) in [5.74, 6) is 0.249. The molecule has 1 amide bonds. The fraction of sp³-hybridized carbons (Fsp3) is 0.150. The first kappa shape index (κ1) is 17.9. The number of aromatic nitrogens is 2. The van der Waals surface area contributed by atoms with Crippen LogP contribution in [0.15, 0.2) is 48.8 Å². The van der Waals surface area contributed by atoms with Gasteiger partial charge >= 0.3 is 0 Å². The molecule has 0 saturated carbocycles. The van der Waals surface area contributed by atoms with E-state index >= 15 is 0 Å². The Morgan fingerprint density at radius 1 is 0.962 bits per heavy atom. The number of carbonyl (C=O) groups is 1. The number of rotatable bonds is 4. The summed E-state index contributed by atoms with van der Waals surface area (Å²) in [5.41, 5.74) is 4.94. The summed E-state index contributed by atoms with van der Waals surface area (Å²) >= 11 is 6.02. The quantitative estimate of drug-likeness (QED) is 0.678. The van der Waals surface area contributed by atoms with Crippen LogP contribution in [0.25, 0.3) is 0 Å². The van der Waals surface area contributed by atoms with Crippen LogP contribution in [-0.4, -0.2) is 15.9 Å². The average Bonchev–Trinajstić information content (AvgIpc) is 2.62. The van der Waals surface area contributed by atoms with Crippen molar-refractivity contribution >= 4 is 34.7 Å². The predicted octanol–water partition coefficient (Wildman–Crippen LogP) is 5.05. The summed E-state index contributed by atoms with van der Waals surface area (Å²) in [6, 6.07) is 11.4. The maximum Gasteiger partial charge on any atom is 0.275 e. The lowest BCUT2D eigenvalue weighted by molar-refractivity contribution is 0.102. The summed E-state index contributed by atoms with van der Waals surface area (Å²) in [5, 5.41) is 6.69. The zero-order chi connectivity index (χ0) is 18.7. The minimum atomic E-state index is -0.291. The van der Waals surface area contributed by atoms with Crippen molar-refractivity contribution in [3.8, 4) is 0 Å². The van der Waals surface area contributed by atoms with Gasteiger partial charge in [-0.1, -0.05) is 35.9 Å². The molecule has 5 nitrogen and oxygen atoms in total. The predicted molar refractivity (Wildman–Crippen MR) is 105 cm³/mol. The zero-order valence-electron chi connectivity index (χ0n) is 14.8. The molecule has 0 unspecified atom stereocenters. The first-order valence-corrected chi connectivity index (χ1v) is 8.54. The summed E-state index contributed by atoms with van der Waals surface area (Å²) in [4.78, 5) is 20.9. The number of amides is 1. The molecule has 0 saturated heterocycles. The summed E-state index contributed by atoms with van der Waals surface area (Å²) < 4.78 is 0. The van der Waals surface area contributed by atoms with Gasteiger partial charge in [0.15, 0.2) is 0 Å². The van der Waals surface area contributed by atoms with Crippen LogP contribution in [0.2, 0.25) is 5.02 Å². The van der Waals surface area contributed by atoms with Crippen LogP contribution in [-0.2, 0) is 0 Å². The number of nitrogens with one attached hydrogen (secondary N) is 2. The molecule has 0 atom stereocenters. The molecule has 0 aliphatic carbocycles. The van der Waals surface area contributed by atoms with Crippen molar-refractivity contribution in [2.75, 3.05) is 10.6 Å². The Labute approximate surface area is 157 Å². The lowest BCUT2D eigenvalue weighted by Crippen LogP contribution is -2.15. The first-order chi connectivity index (χ1) is 12.4. The number of benzene rings is 2. The second kappa shape index (κ2) is 7.54. The number of halogens is 1. The molecule has 2 aromatic carbocycles. The van der Waals surface area contributed by atoms with E-state index in [4.69, 9.17) is 11.6 Å². The zero-order valence-corrected chi connectivity index (χ0v) is 15.6. The first-order valence-electron chi connectivity index (χ1n) is 8.17. The Balaban J connectivity index is 1.75. The van der Waals surface area contributed by atoms with Crippen LogP contribution in [0.1, 0.15) is 27.2 Å². The lowest BCUT2D eigenvalue weighted by atomic mass is 10.1. The molecule has 0 aliphatic heterocycles. The van der Waals surface area contributed by atoms with Crippen LogP contribution in [0.3, 0.4) is 0 Å². The second-order valence-corrected chi connectivity index (χ2v) is 6.53. The number of hydrogen-bond donors (Lipinski definition) is 2. The Kier molecular flexibility index (Phi) is 5.19. The van der Waals surface area contributed by atoms with Gasteiger partial charge in [-0.05, 0) is 49.6 Å². The summed E-state index contributed by atoms with van der Waals surface area (Å²) in [6.45, 7) is 5.88. The minimum absolute atomic E-state index is 0.251. The van der Waals surface area contributed by atoms with E-state index in [2.05, 4.69) is 20.6 Å². The smallest absolute Gasteiger partial charge is 0.275 e. The number of nitrogens with zero attached hydrogens (tertiary/aromatic N) is 2. The number of aryl methyl sites for hydroxylation is 3. The monoisotopic (exact) mass is 366 g/mol. The third-order valence-corrected chi connectivity index (χ3v) is 4.30. The molecular weight excluding hydrogens is 348 g/mol. The van der Waals surface area contributed by atoms with Crippen LogP contribution in [0.5, 0.6) is 0 Å². The number of para-hydroxylation sites is 1. The molecule has 0 bridgehead atoms. The largest absolute Gasteiger partial charge is 0.339 e. The van der Waals surface area contributed by atoms with E-state index in [1.54, 1.807) is 0 Å². The highest BCUT2D eigenvalue weighted by atomic mass is 35.5. The van der Waals surface area contributed by atoms with Crippen LogP contribution in [0.4, 0.5) is 17.2 Å². The molecule has 132 valence electrons. The summed E-state index contributed by atoms with van der Waals surface area (Å²) in [6.07, 6.45) is 2.98. The van der Waals surface area contributed by atoms with Crippen molar-refractivity contribution in [3.63, 3.8) is 0 Å². The highest BCUT2D eigenvalue weighted by Crippen LogP contribution is 2.23. The Hall–Kier alpha value is -2.92. The van der Waals surface area contributed by atoms with Gasteiger partial charge in [-0.2, -0.15) is 0 Å². The van der Waals surface area contributed by atoms with Crippen molar-refractivity contribution in [3.05, 3.63) is 76.2 Å². The Bertz CT molecular complexity index is 934. The van der Waals surface area contributed by atoms with Gasteiger partial charge in [0, 0.05) is 16.4 Å². The van der Waals surface area contributed by atoms with Crippen LogP contribution >= 0.6 is 11.6 Å². The maximum atomic E-state index is 12.4. The van der Waals surface area contributed by atoms with Gasteiger partial charge in [-0.3, -0.25) is 4.79 Å². The molecule has 2 N–H and O–H groups in total. The topological polar surface area (TPSA) is 66.9 Å². The molecule has 1 aromatic heterocycles. The maximum absolute atomic E-state index is 12.4. The van der Waals surface area contributed by atoms with Gasteiger partial charge in [0.1, 0.15) is 11.5 Å². The fourth-order valence-electron chi connectivity index (χ4n) is 2.57. The van der Waals surface area contributed by atoms with Crippen molar-refractivity contribution in [2.45, 2.75) is 20.8 Å². The molecular formula is C20H19ClN4O. The molecule has 0 aliphatic rings. The normalized spacial score (nSPS) is 10.5.